The normalized spacial score (nSPS) is 11.3. The Morgan fingerprint density at radius 3 is 2.60 bits per heavy atom. The first-order valence-electron chi connectivity index (χ1n) is 6.54. The molecule has 0 aromatic heterocycles. The van der Waals surface area contributed by atoms with Gasteiger partial charge in [-0.1, -0.05) is 19.1 Å². The van der Waals surface area contributed by atoms with Gasteiger partial charge in [-0.05, 0) is 32.1 Å². The summed E-state index contributed by atoms with van der Waals surface area (Å²) in [5, 5.41) is 5.60. The minimum atomic E-state index is -3.59. The van der Waals surface area contributed by atoms with Crippen molar-refractivity contribution in [3.8, 4) is 0 Å². The molecule has 20 heavy (non-hydrogen) atoms. The molecule has 0 fully saturated rings. The summed E-state index contributed by atoms with van der Waals surface area (Å²) in [6.45, 7) is 2.74. The quantitative estimate of drug-likeness (QED) is 0.623. The van der Waals surface area contributed by atoms with E-state index in [1.165, 1.54) is 6.07 Å². The first kappa shape index (κ1) is 16.6. The van der Waals surface area contributed by atoms with Crippen LogP contribution in [-0.2, 0) is 14.8 Å². The van der Waals surface area contributed by atoms with E-state index in [9.17, 15) is 13.2 Å². The second-order valence-corrected chi connectivity index (χ2v) is 5.99. The zero-order chi connectivity index (χ0) is 15.0. The number of anilines is 1. The molecule has 0 unspecified atom stereocenters. The van der Waals surface area contributed by atoms with Crippen LogP contribution < -0.4 is 15.4 Å². The van der Waals surface area contributed by atoms with Crippen molar-refractivity contribution in [1.29, 1.82) is 0 Å². The van der Waals surface area contributed by atoms with Crippen molar-refractivity contribution in [1.82, 2.24) is 10.0 Å². The van der Waals surface area contributed by atoms with Crippen molar-refractivity contribution >= 4 is 21.6 Å². The minimum absolute atomic E-state index is 0.0869. The molecule has 1 aromatic rings. The fourth-order valence-electron chi connectivity index (χ4n) is 1.71. The Morgan fingerprint density at radius 2 is 1.95 bits per heavy atom. The molecule has 0 spiro atoms. The third-order valence-electron chi connectivity index (χ3n) is 2.62. The van der Waals surface area contributed by atoms with E-state index < -0.39 is 10.0 Å². The molecule has 3 N–H and O–H groups in total. The van der Waals surface area contributed by atoms with Gasteiger partial charge >= 0.3 is 0 Å². The van der Waals surface area contributed by atoms with Crippen LogP contribution in [0.5, 0.6) is 0 Å². The zero-order valence-corrected chi connectivity index (χ0v) is 12.6. The molecule has 1 rings (SSSR count). The van der Waals surface area contributed by atoms with E-state index in [0.717, 1.165) is 6.54 Å². The summed E-state index contributed by atoms with van der Waals surface area (Å²) in [4.78, 5) is 11.9. The van der Waals surface area contributed by atoms with Crippen molar-refractivity contribution in [2.24, 2.45) is 0 Å². The van der Waals surface area contributed by atoms with Crippen LogP contribution in [0.15, 0.2) is 29.2 Å². The highest BCUT2D eigenvalue weighted by Gasteiger charge is 2.18. The predicted octanol–water partition coefficient (Wildman–Crippen LogP) is 0.923. The molecule has 6 nitrogen and oxygen atoms in total. The lowest BCUT2D eigenvalue weighted by molar-refractivity contribution is -0.116. The van der Waals surface area contributed by atoms with Gasteiger partial charge in [0.25, 0.3) is 0 Å². The molecule has 0 saturated heterocycles. The van der Waals surface area contributed by atoms with Crippen LogP contribution in [0.3, 0.4) is 0 Å². The standard InChI is InChI=1S/C13H21N3O3S/c1-3-15-20(18,19)12-8-5-4-7-11(12)16-13(17)9-6-10-14-2/h4-5,7-8,14-15H,3,6,9-10H2,1-2H3,(H,16,17). The van der Waals surface area contributed by atoms with Crippen molar-refractivity contribution in [3.63, 3.8) is 0 Å². The van der Waals surface area contributed by atoms with Crippen LogP contribution in [0.1, 0.15) is 19.8 Å². The number of carbonyl (C=O) groups is 1. The maximum absolute atomic E-state index is 12.0. The Bertz CT molecular complexity index is 544. The molecular weight excluding hydrogens is 278 g/mol. The van der Waals surface area contributed by atoms with Crippen LogP contribution in [0, 0.1) is 0 Å². The summed E-state index contributed by atoms with van der Waals surface area (Å²) >= 11 is 0. The van der Waals surface area contributed by atoms with Crippen LogP contribution in [0.2, 0.25) is 0 Å². The van der Waals surface area contributed by atoms with E-state index >= 15 is 0 Å². The summed E-state index contributed by atoms with van der Waals surface area (Å²) in [6.07, 6.45) is 1.04. The number of benzene rings is 1. The fraction of sp³-hybridized carbons (Fsp3) is 0.462. The molecule has 0 saturated carbocycles. The van der Waals surface area contributed by atoms with Crippen molar-refractivity contribution in [2.45, 2.75) is 24.7 Å². The maximum Gasteiger partial charge on any atom is 0.242 e. The molecule has 1 aromatic carbocycles. The second kappa shape index (κ2) is 7.98. The summed E-state index contributed by atoms with van der Waals surface area (Å²) in [7, 11) is -1.77. The SMILES string of the molecule is CCNS(=O)(=O)c1ccccc1NC(=O)CCCNC. The van der Waals surface area contributed by atoms with Crippen LogP contribution in [0.25, 0.3) is 0 Å². The highest BCUT2D eigenvalue weighted by atomic mass is 32.2. The largest absolute Gasteiger partial charge is 0.325 e. The fourth-order valence-corrected chi connectivity index (χ4v) is 2.91. The maximum atomic E-state index is 12.0. The molecule has 0 radical (unpaired) electrons. The summed E-state index contributed by atoms with van der Waals surface area (Å²) in [5.74, 6) is -0.195. The molecule has 0 bridgehead atoms. The Labute approximate surface area is 120 Å². The van der Waals surface area contributed by atoms with Gasteiger partial charge in [0, 0.05) is 13.0 Å². The molecule has 0 heterocycles. The first-order valence-corrected chi connectivity index (χ1v) is 8.02. The number of hydrogen-bond donors (Lipinski definition) is 3. The number of rotatable bonds is 8. The van der Waals surface area contributed by atoms with E-state index in [0.29, 0.717) is 25.1 Å². The lowest BCUT2D eigenvalue weighted by Crippen LogP contribution is -2.25. The first-order chi connectivity index (χ1) is 9.51. The zero-order valence-electron chi connectivity index (χ0n) is 11.8. The van der Waals surface area contributed by atoms with E-state index in [-0.39, 0.29) is 10.8 Å². The van der Waals surface area contributed by atoms with E-state index in [1.54, 1.807) is 25.1 Å². The van der Waals surface area contributed by atoms with Crippen LogP contribution in [0.4, 0.5) is 5.69 Å². The molecular formula is C13H21N3O3S. The van der Waals surface area contributed by atoms with Gasteiger partial charge in [-0.25, -0.2) is 13.1 Å². The molecule has 0 aliphatic heterocycles. The monoisotopic (exact) mass is 299 g/mol. The van der Waals surface area contributed by atoms with Crippen molar-refractivity contribution in [3.05, 3.63) is 24.3 Å². The summed E-state index contributed by atoms with van der Waals surface area (Å²) < 4.78 is 26.5. The number of sulfonamides is 1. The summed E-state index contributed by atoms with van der Waals surface area (Å²) in [6, 6.07) is 6.37. The third kappa shape index (κ3) is 4.92. The molecule has 0 aliphatic rings. The van der Waals surface area contributed by atoms with Crippen molar-refractivity contribution < 1.29 is 13.2 Å². The molecule has 112 valence electrons. The van der Waals surface area contributed by atoms with E-state index in [4.69, 9.17) is 0 Å². The van der Waals surface area contributed by atoms with Crippen molar-refractivity contribution in [2.75, 3.05) is 25.5 Å². The lowest BCUT2D eigenvalue weighted by atomic mass is 10.2. The van der Waals surface area contributed by atoms with Gasteiger partial charge in [-0.15, -0.1) is 0 Å². The Hall–Kier alpha value is -1.44. The average molecular weight is 299 g/mol. The molecule has 0 atom stereocenters. The number of amides is 1. The van der Waals surface area contributed by atoms with Gasteiger partial charge in [-0.3, -0.25) is 4.79 Å². The number of nitrogens with one attached hydrogen (secondary N) is 3. The minimum Gasteiger partial charge on any atom is -0.325 e. The van der Waals surface area contributed by atoms with Crippen LogP contribution in [-0.4, -0.2) is 34.5 Å². The highest BCUT2D eigenvalue weighted by Crippen LogP contribution is 2.20. The smallest absolute Gasteiger partial charge is 0.242 e. The number of para-hydroxylation sites is 1. The van der Waals surface area contributed by atoms with Crippen LogP contribution >= 0.6 is 0 Å². The average Bonchev–Trinajstić information content (AvgIpc) is 2.39. The Kier molecular flexibility index (Phi) is 6.63. The number of carbonyl (C=O) groups excluding carboxylic acids is 1. The van der Waals surface area contributed by atoms with Gasteiger partial charge in [0.1, 0.15) is 4.90 Å². The van der Waals surface area contributed by atoms with Gasteiger partial charge in [0.2, 0.25) is 15.9 Å². The topological polar surface area (TPSA) is 87.3 Å². The predicted molar refractivity (Wildman–Crippen MR) is 79.1 cm³/mol. The molecule has 1 amide bonds. The number of hydrogen-bond acceptors (Lipinski definition) is 4. The van der Waals surface area contributed by atoms with Gasteiger partial charge in [0.05, 0.1) is 5.69 Å². The Morgan fingerprint density at radius 1 is 1.25 bits per heavy atom. The Balaban J connectivity index is 2.83. The molecule has 7 heteroatoms. The third-order valence-corrected chi connectivity index (χ3v) is 4.22. The van der Waals surface area contributed by atoms with Gasteiger partial charge < -0.3 is 10.6 Å². The van der Waals surface area contributed by atoms with Gasteiger partial charge in [-0.2, -0.15) is 0 Å². The van der Waals surface area contributed by atoms with E-state index in [1.807, 2.05) is 7.05 Å². The van der Waals surface area contributed by atoms with E-state index in [2.05, 4.69) is 15.4 Å². The van der Waals surface area contributed by atoms with Gasteiger partial charge in [0.15, 0.2) is 0 Å². The lowest BCUT2D eigenvalue weighted by Gasteiger charge is -2.11. The highest BCUT2D eigenvalue weighted by molar-refractivity contribution is 7.89. The molecule has 0 aliphatic carbocycles. The second-order valence-electron chi connectivity index (χ2n) is 4.25. The summed E-state index contributed by atoms with van der Waals surface area (Å²) in [5.41, 5.74) is 0.308.